The van der Waals surface area contributed by atoms with Gasteiger partial charge >= 0.3 is 0 Å². The fraction of sp³-hybridized carbons (Fsp3) is 0.333. The van der Waals surface area contributed by atoms with E-state index in [1.807, 2.05) is 30.3 Å². The molecule has 1 nitrogen and oxygen atoms in total. The van der Waals surface area contributed by atoms with Gasteiger partial charge in [0.05, 0.1) is 6.61 Å². The number of ether oxygens (including phenoxy) is 1. The Hall–Kier alpha value is -1.50. The van der Waals surface area contributed by atoms with Crippen LogP contribution in [0.2, 0.25) is 0 Å². The van der Waals surface area contributed by atoms with E-state index < -0.39 is 0 Å². The average Bonchev–Trinajstić information content (AvgIpc) is 2.34. The standard InChI is InChI=1S/C15H20O/c1-2-3-4-5-6-7-11-14-16-15-12-9-8-10-13-15/h3-4,6-10,12-13H,2,5,11,14H2,1H3. The molecule has 1 aromatic rings. The second kappa shape index (κ2) is 8.78. The zero-order valence-electron chi connectivity index (χ0n) is 9.93. The minimum Gasteiger partial charge on any atom is -0.493 e. The van der Waals surface area contributed by atoms with Gasteiger partial charge in [-0.3, -0.25) is 0 Å². The Morgan fingerprint density at radius 3 is 2.50 bits per heavy atom. The molecule has 0 aliphatic carbocycles. The highest BCUT2D eigenvalue weighted by atomic mass is 16.5. The number of benzene rings is 1. The van der Waals surface area contributed by atoms with Crippen molar-refractivity contribution in [1.82, 2.24) is 0 Å². The summed E-state index contributed by atoms with van der Waals surface area (Å²) >= 11 is 0. The van der Waals surface area contributed by atoms with Crippen molar-refractivity contribution in [2.24, 2.45) is 0 Å². The summed E-state index contributed by atoms with van der Waals surface area (Å²) in [6, 6.07) is 9.93. The molecule has 0 saturated carbocycles. The Labute approximate surface area is 98.5 Å². The molecule has 0 saturated heterocycles. The van der Waals surface area contributed by atoms with Crippen LogP contribution >= 0.6 is 0 Å². The molecule has 0 fully saturated rings. The summed E-state index contributed by atoms with van der Waals surface area (Å²) in [5.41, 5.74) is 0. The molecule has 0 unspecified atom stereocenters. The van der Waals surface area contributed by atoms with Crippen molar-refractivity contribution in [3.63, 3.8) is 0 Å². The molecule has 1 rings (SSSR count). The van der Waals surface area contributed by atoms with Crippen LogP contribution in [0.5, 0.6) is 5.75 Å². The van der Waals surface area contributed by atoms with E-state index in [1.54, 1.807) is 0 Å². The van der Waals surface area contributed by atoms with Crippen LogP contribution in [0.3, 0.4) is 0 Å². The van der Waals surface area contributed by atoms with E-state index in [4.69, 9.17) is 4.74 Å². The van der Waals surface area contributed by atoms with Gasteiger partial charge in [-0.25, -0.2) is 0 Å². The van der Waals surface area contributed by atoms with Gasteiger partial charge in [-0.15, -0.1) is 0 Å². The second-order valence-corrected chi connectivity index (χ2v) is 3.54. The maximum absolute atomic E-state index is 5.56. The van der Waals surface area contributed by atoms with E-state index in [1.165, 1.54) is 0 Å². The Bertz CT molecular complexity index is 311. The summed E-state index contributed by atoms with van der Waals surface area (Å²) in [5, 5.41) is 0. The molecule has 0 aliphatic rings. The smallest absolute Gasteiger partial charge is 0.119 e. The molecule has 0 N–H and O–H groups in total. The number of para-hydroxylation sites is 1. The second-order valence-electron chi connectivity index (χ2n) is 3.54. The minimum absolute atomic E-state index is 0.748. The summed E-state index contributed by atoms with van der Waals surface area (Å²) in [6.07, 6.45) is 11.8. The first-order chi connectivity index (χ1) is 7.93. The summed E-state index contributed by atoms with van der Waals surface area (Å²) < 4.78 is 5.56. The molecule has 1 aromatic carbocycles. The lowest BCUT2D eigenvalue weighted by molar-refractivity contribution is 0.325. The first-order valence-electron chi connectivity index (χ1n) is 5.91. The summed E-state index contributed by atoms with van der Waals surface area (Å²) in [6.45, 7) is 2.89. The highest BCUT2D eigenvalue weighted by molar-refractivity contribution is 5.20. The van der Waals surface area contributed by atoms with Gasteiger partial charge in [-0.05, 0) is 31.4 Å². The van der Waals surface area contributed by atoms with Crippen LogP contribution in [0.25, 0.3) is 0 Å². The summed E-state index contributed by atoms with van der Waals surface area (Å²) in [4.78, 5) is 0. The van der Waals surface area contributed by atoms with Crippen molar-refractivity contribution >= 4 is 0 Å². The number of rotatable bonds is 7. The van der Waals surface area contributed by atoms with Crippen LogP contribution in [0.4, 0.5) is 0 Å². The van der Waals surface area contributed by atoms with Gasteiger partial charge < -0.3 is 4.74 Å². The Balaban J connectivity index is 2.06. The Morgan fingerprint density at radius 1 is 1.00 bits per heavy atom. The van der Waals surface area contributed by atoms with E-state index >= 15 is 0 Å². The van der Waals surface area contributed by atoms with E-state index in [2.05, 4.69) is 31.2 Å². The van der Waals surface area contributed by atoms with Crippen molar-refractivity contribution < 1.29 is 4.74 Å². The minimum atomic E-state index is 0.748. The molecule has 1 heteroatoms. The third-order valence-corrected chi connectivity index (χ3v) is 2.14. The highest BCUT2D eigenvalue weighted by Crippen LogP contribution is 2.08. The van der Waals surface area contributed by atoms with Gasteiger partial charge in [0.1, 0.15) is 5.75 Å². The lowest BCUT2D eigenvalue weighted by Gasteiger charge is -2.02. The van der Waals surface area contributed by atoms with Gasteiger partial charge in [-0.1, -0.05) is 49.4 Å². The number of hydrogen-bond donors (Lipinski definition) is 0. The van der Waals surface area contributed by atoms with Gasteiger partial charge in [0.2, 0.25) is 0 Å². The maximum Gasteiger partial charge on any atom is 0.119 e. The molecule has 16 heavy (non-hydrogen) atoms. The molecule has 0 aliphatic heterocycles. The van der Waals surface area contributed by atoms with Gasteiger partial charge in [0.15, 0.2) is 0 Å². The topological polar surface area (TPSA) is 9.23 Å². The zero-order valence-corrected chi connectivity index (χ0v) is 9.93. The molecule has 0 aromatic heterocycles. The van der Waals surface area contributed by atoms with Crippen LogP contribution < -0.4 is 4.74 Å². The Kier molecular flexibility index (Phi) is 6.90. The predicted octanol–water partition coefficient (Wildman–Crippen LogP) is 4.37. The Morgan fingerprint density at radius 2 is 1.75 bits per heavy atom. The van der Waals surface area contributed by atoms with Crippen molar-refractivity contribution in [2.75, 3.05) is 6.61 Å². The molecular formula is C15H20O. The van der Waals surface area contributed by atoms with E-state index in [9.17, 15) is 0 Å². The summed E-state index contributed by atoms with van der Waals surface area (Å²) in [5.74, 6) is 0.946. The van der Waals surface area contributed by atoms with Crippen molar-refractivity contribution in [1.29, 1.82) is 0 Å². The van der Waals surface area contributed by atoms with Crippen LogP contribution in [-0.2, 0) is 0 Å². The highest BCUT2D eigenvalue weighted by Gasteiger charge is 1.88. The zero-order chi connectivity index (χ0) is 11.5. The van der Waals surface area contributed by atoms with Crippen molar-refractivity contribution in [3.05, 3.63) is 54.6 Å². The van der Waals surface area contributed by atoms with Crippen LogP contribution in [0.1, 0.15) is 26.2 Å². The SMILES string of the molecule is CCC=CCC=CCCOc1ccccc1. The van der Waals surface area contributed by atoms with Gasteiger partial charge in [0, 0.05) is 0 Å². The molecule has 0 spiro atoms. The van der Waals surface area contributed by atoms with Crippen LogP contribution in [-0.4, -0.2) is 6.61 Å². The van der Waals surface area contributed by atoms with Crippen LogP contribution in [0.15, 0.2) is 54.6 Å². The van der Waals surface area contributed by atoms with Crippen molar-refractivity contribution in [3.8, 4) is 5.75 Å². The molecule has 0 heterocycles. The van der Waals surface area contributed by atoms with E-state index in [0.29, 0.717) is 0 Å². The molecule has 0 atom stereocenters. The molecule has 0 amide bonds. The fourth-order valence-corrected chi connectivity index (χ4v) is 1.32. The third kappa shape index (κ3) is 6.07. The van der Waals surface area contributed by atoms with Gasteiger partial charge in [0.25, 0.3) is 0 Å². The quantitative estimate of drug-likeness (QED) is 0.486. The third-order valence-electron chi connectivity index (χ3n) is 2.14. The number of hydrogen-bond acceptors (Lipinski definition) is 1. The lowest BCUT2D eigenvalue weighted by Crippen LogP contribution is -1.94. The summed E-state index contributed by atoms with van der Waals surface area (Å²) in [7, 11) is 0. The van der Waals surface area contributed by atoms with Gasteiger partial charge in [-0.2, -0.15) is 0 Å². The van der Waals surface area contributed by atoms with Crippen molar-refractivity contribution in [2.45, 2.75) is 26.2 Å². The molecular weight excluding hydrogens is 196 g/mol. The normalized spacial score (nSPS) is 11.3. The molecule has 86 valence electrons. The molecule has 0 radical (unpaired) electrons. The average molecular weight is 216 g/mol. The lowest BCUT2D eigenvalue weighted by atomic mass is 10.3. The molecule has 0 bridgehead atoms. The predicted molar refractivity (Wildman–Crippen MR) is 69.7 cm³/mol. The largest absolute Gasteiger partial charge is 0.493 e. The van der Waals surface area contributed by atoms with E-state index in [-0.39, 0.29) is 0 Å². The maximum atomic E-state index is 5.56. The number of allylic oxidation sites excluding steroid dienone is 3. The first kappa shape index (κ1) is 12.6. The van der Waals surface area contributed by atoms with Crippen LogP contribution in [0, 0.1) is 0 Å². The monoisotopic (exact) mass is 216 g/mol. The van der Waals surface area contributed by atoms with E-state index in [0.717, 1.165) is 31.6 Å². The fourth-order valence-electron chi connectivity index (χ4n) is 1.32. The first-order valence-corrected chi connectivity index (χ1v) is 5.91.